The summed E-state index contributed by atoms with van der Waals surface area (Å²) in [6, 6.07) is 15.9. The van der Waals surface area contributed by atoms with E-state index in [4.69, 9.17) is 4.42 Å². The molecular formula is C29H29F2N3O3S. The zero-order chi connectivity index (χ0) is 27.1. The van der Waals surface area contributed by atoms with Crippen LogP contribution in [0.2, 0.25) is 0 Å². The molecule has 1 amide bonds. The topological polar surface area (TPSA) is 65.8 Å². The summed E-state index contributed by atoms with van der Waals surface area (Å²) in [7, 11) is 0.240. The van der Waals surface area contributed by atoms with Crippen LogP contribution in [-0.2, 0) is 11.0 Å². The van der Waals surface area contributed by atoms with Gasteiger partial charge in [-0.15, -0.1) is 0 Å². The summed E-state index contributed by atoms with van der Waals surface area (Å²) in [5.41, 5.74) is 4.05. The van der Waals surface area contributed by atoms with Crippen molar-refractivity contribution >= 4 is 33.5 Å². The van der Waals surface area contributed by atoms with Crippen LogP contribution in [0.3, 0.4) is 0 Å². The van der Waals surface area contributed by atoms with Crippen molar-refractivity contribution in [2.24, 2.45) is 0 Å². The number of anilines is 1. The Kier molecular flexibility index (Phi) is 7.07. The van der Waals surface area contributed by atoms with Gasteiger partial charge in [0, 0.05) is 55.5 Å². The smallest absolute Gasteiger partial charge is 0.255 e. The number of rotatable bonds is 5. The molecule has 0 bridgehead atoms. The minimum Gasteiger partial charge on any atom is -0.455 e. The average Bonchev–Trinajstić information content (AvgIpc) is 3.21. The van der Waals surface area contributed by atoms with Crippen LogP contribution in [0, 0.1) is 11.6 Å². The molecule has 1 N–H and O–H groups in total. The van der Waals surface area contributed by atoms with E-state index in [1.807, 2.05) is 16.4 Å². The van der Waals surface area contributed by atoms with Gasteiger partial charge in [0.25, 0.3) is 5.91 Å². The number of carbonyl (C=O) groups excluding carboxylic acids is 1. The van der Waals surface area contributed by atoms with Gasteiger partial charge in [-0.1, -0.05) is 12.1 Å². The second-order valence-corrected chi connectivity index (χ2v) is 10.8. The SMILES string of the molecule is CNC(=O)c1c(-c2ccc(F)cc2)oc2cc3c(cc12)C(C)N(C(C)c1ccc(F)cc1)CCN3S(C)=O. The average molecular weight is 538 g/mol. The molecule has 1 aromatic heterocycles. The standard InChI is InChI=1S/C29H29F2N3O3S/c1-17(19-5-9-21(30)10-6-19)33-13-14-34(38(4)36)25-16-26-24(15-23(25)18(33)2)27(29(35)32-3)28(37-26)20-7-11-22(31)12-8-20/h5-12,15-18H,13-14H2,1-4H3,(H,32,35). The van der Waals surface area contributed by atoms with Gasteiger partial charge in [-0.05, 0) is 67.4 Å². The predicted octanol–water partition coefficient (Wildman–Crippen LogP) is 5.98. The quantitative estimate of drug-likeness (QED) is 0.340. The van der Waals surface area contributed by atoms with Gasteiger partial charge in [-0.3, -0.25) is 14.0 Å². The fourth-order valence-corrected chi connectivity index (χ4v) is 6.06. The number of halogens is 2. The lowest BCUT2D eigenvalue weighted by molar-refractivity contribution is 0.0964. The fourth-order valence-electron chi connectivity index (χ4n) is 5.28. The Morgan fingerprint density at radius 3 is 2.29 bits per heavy atom. The van der Waals surface area contributed by atoms with Gasteiger partial charge in [0.2, 0.25) is 0 Å². The van der Waals surface area contributed by atoms with E-state index in [1.165, 1.54) is 24.3 Å². The zero-order valence-electron chi connectivity index (χ0n) is 21.6. The molecule has 9 heteroatoms. The van der Waals surface area contributed by atoms with Crippen LogP contribution >= 0.6 is 0 Å². The molecule has 0 spiro atoms. The molecule has 3 aromatic carbocycles. The van der Waals surface area contributed by atoms with Crippen LogP contribution in [-0.4, -0.2) is 41.4 Å². The van der Waals surface area contributed by atoms with Gasteiger partial charge in [0.1, 0.15) is 34.0 Å². The summed E-state index contributed by atoms with van der Waals surface area (Å²) in [4.78, 5) is 15.4. The number of nitrogens with zero attached hydrogens (tertiary/aromatic N) is 2. The molecule has 0 saturated heterocycles. The molecule has 0 aliphatic carbocycles. The van der Waals surface area contributed by atoms with E-state index in [1.54, 1.807) is 37.6 Å². The van der Waals surface area contributed by atoms with E-state index < -0.39 is 11.0 Å². The Morgan fingerprint density at radius 1 is 1.05 bits per heavy atom. The van der Waals surface area contributed by atoms with Crippen molar-refractivity contribution in [2.75, 3.05) is 30.7 Å². The van der Waals surface area contributed by atoms with E-state index in [-0.39, 0.29) is 29.6 Å². The van der Waals surface area contributed by atoms with Crippen molar-refractivity contribution in [1.29, 1.82) is 0 Å². The number of hydrogen-bond acceptors (Lipinski definition) is 4. The monoisotopic (exact) mass is 537 g/mol. The molecule has 3 atom stereocenters. The van der Waals surface area contributed by atoms with E-state index in [0.717, 1.165) is 16.8 Å². The Balaban J connectivity index is 1.69. The summed E-state index contributed by atoms with van der Waals surface area (Å²) >= 11 is 0. The predicted molar refractivity (Wildman–Crippen MR) is 146 cm³/mol. The minimum atomic E-state index is -1.31. The highest BCUT2D eigenvalue weighted by atomic mass is 32.2. The van der Waals surface area contributed by atoms with Crippen molar-refractivity contribution in [2.45, 2.75) is 25.9 Å². The maximum atomic E-state index is 13.6. The van der Waals surface area contributed by atoms with Gasteiger partial charge in [0.05, 0.1) is 11.3 Å². The van der Waals surface area contributed by atoms with Crippen LogP contribution in [0.1, 0.15) is 47.4 Å². The van der Waals surface area contributed by atoms with E-state index >= 15 is 0 Å². The number of amides is 1. The maximum absolute atomic E-state index is 13.6. The molecule has 2 heterocycles. The van der Waals surface area contributed by atoms with Crippen molar-refractivity contribution in [1.82, 2.24) is 10.2 Å². The molecule has 1 aliphatic rings. The zero-order valence-corrected chi connectivity index (χ0v) is 22.4. The summed E-state index contributed by atoms with van der Waals surface area (Å²) in [6.45, 7) is 5.28. The van der Waals surface area contributed by atoms with Crippen molar-refractivity contribution in [3.63, 3.8) is 0 Å². The van der Waals surface area contributed by atoms with Gasteiger partial charge in [-0.25, -0.2) is 13.0 Å². The van der Waals surface area contributed by atoms with Crippen LogP contribution < -0.4 is 9.62 Å². The second-order valence-electron chi connectivity index (χ2n) is 9.47. The summed E-state index contributed by atoms with van der Waals surface area (Å²) < 4.78 is 48.1. The highest BCUT2D eigenvalue weighted by Crippen LogP contribution is 2.43. The van der Waals surface area contributed by atoms with Crippen molar-refractivity contribution in [3.8, 4) is 11.3 Å². The molecule has 5 rings (SSSR count). The van der Waals surface area contributed by atoms with Crippen LogP contribution in [0.5, 0.6) is 0 Å². The molecule has 4 aromatic rings. The third-order valence-electron chi connectivity index (χ3n) is 7.34. The van der Waals surface area contributed by atoms with Crippen molar-refractivity contribution < 1.29 is 22.2 Å². The third-order valence-corrected chi connectivity index (χ3v) is 8.34. The van der Waals surface area contributed by atoms with E-state index in [2.05, 4.69) is 24.1 Å². The normalized spacial score (nSPS) is 17.6. The lowest BCUT2D eigenvalue weighted by atomic mass is 9.97. The van der Waals surface area contributed by atoms with Gasteiger partial charge >= 0.3 is 0 Å². The first-order chi connectivity index (χ1) is 18.2. The molecule has 6 nitrogen and oxygen atoms in total. The van der Waals surface area contributed by atoms with Crippen LogP contribution in [0.4, 0.5) is 14.5 Å². The number of benzene rings is 3. The molecule has 1 aliphatic heterocycles. The lowest BCUT2D eigenvalue weighted by Gasteiger charge is -2.33. The van der Waals surface area contributed by atoms with Gasteiger partial charge in [0.15, 0.2) is 0 Å². The first-order valence-electron chi connectivity index (χ1n) is 12.4. The highest BCUT2D eigenvalue weighted by Gasteiger charge is 2.33. The Morgan fingerprint density at radius 2 is 1.68 bits per heavy atom. The molecule has 38 heavy (non-hydrogen) atoms. The molecule has 3 unspecified atom stereocenters. The van der Waals surface area contributed by atoms with E-state index in [9.17, 15) is 17.8 Å². The summed E-state index contributed by atoms with van der Waals surface area (Å²) in [5, 5.41) is 3.31. The largest absolute Gasteiger partial charge is 0.455 e. The minimum absolute atomic E-state index is 0.0445. The highest BCUT2D eigenvalue weighted by molar-refractivity contribution is 7.85. The number of nitrogens with one attached hydrogen (secondary N) is 1. The third kappa shape index (κ3) is 4.61. The van der Waals surface area contributed by atoms with Gasteiger partial charge < -0.3 is 9.73 Å². The second kappa shape index (κ2) is 10.3. The molecule has 198 valence electrons. The Labute approximate surface area is 222 Å². The maximum Gasteiger partial charge on any atom is 0.255 e. The van der Waals surface area contributed by atoms with Crippen LogP contribution in [0.15, 0.2) is 65.1 Å². The number of furan rings is 1. The lowest BCUT2D eigenvalue weighted by Crippen LogP contribution is -2.35. The Hall–Kier alpha value is -3.56. The van der Waals surface area contributed by atoms with Gasteiger partial charge in [-0.2, -0.15) is 0 Å². The number of hydrogen-bond donors (Lipinski definition) is 1. The number of carbonyl (C=O) groups is 1. The fraction of sp³-hybridized carbons (Fsp3) is 0.276. The van der Waals surface area contributed by atoms with E-state index in [0.29, 0.717) is 40.9 Å². The molecular weight excluding hydrogens is 508 g/mol. The Bertz CT molecular complexity index is 1520. The summed E-state index contributed by atoms with van der Waals surface area (Å²) in [5.74, 6) is -0.656. The molecule has 0 radical (unpaired) electrons. The summed E-state index contributed by atoms with van der Waals surface area (Å²) in [6.07, 6.45) is 1.64. The van der Waals surface area contributed by atoms with Crippen molar-refractivity contribution in [3.05, 3.63) is 89.0 Å². The first-order valence-corrected chi connectivity index (χ1v) is 13.9. The van der Waals surface area contributed by atoms with Crippen LogP contribution in [0.25, 0.3) is 22.3 Å². The molecule has 0 fully saturated rings. The number of fused-ring (bicyclic) bond motifs is 2. The molecule has 0 saturated carbocycles. The first kappa shape index (κ1) is 26.1.